The molecule has 1 aromatic carbocycles. The summed E-state index contributed by atoms with van der Waals surface area (Å²) in [6, 6.07) is 6.50. The van der Waals surface area contributed by atoms with E-state index in [1.807, 2.05) is 6.20 Å². The molecule has 0 aliphatic carbocycles. The van der Waals surface area contributed by atoms with Crippen LogP contribution in [0.25, 0.3) is 0 Å². The van der Waals surface area contributed by atoms with E-state index in [0.29, 0.717) is 0 Å². The highest BCUT2D eigenvalue weighted by Crippen LogP contribution is 2.44. The Hall–Kier alpha value is -2.30. The summed E-state index contributed by atoms with van der Waals surface area (Å²) in [4.78, 5) is 13.5. The minimum absolute atomic E-state index is 0.203. The van der Waals surface area contributed by atoms with Gasteiger partial charge in [-0.3, -0.25) is 9.97 Å². The molecule has 0 spiro atoms. The molecule has 0 fully saturated rings. The van der Waals surface area contributed by atoms with Crippen LogP contribution in [0.2, 0.25) is 0 Å². The highest BCUT2D eigenvalue weighted by atomic mass is 16.5. The van der Waals surface area contributed by atoms with E-state index < -0.39 is 0 Å². The SMILES string of the molecule is CC(c1cnccn1)N1CCN2CCOc3cccc1c32. The Morgan fingerprint density at radius 1 is 1.19 bits per heavy atom. The zero-order valence-electron chi connectivity index (χ0n) is 12.1. The van der Waals surface area contributed by atoms with Gasteiger partial charge in [0.2, 0.25) is 0 Å². The third kappa shape index (κ3) is 2.00. The number of hydrogen-bond acceptors (Lipinski definition) is 5. The maximum atomic E-state index is 5.81. The number of nitrogens with zero attached hydrogens (tertiary/aromatic N) is 4. The summed E-state index contributed by atoms with van der Waals surface area (Å²) in [6.07, 6.45) is 5.32. The number of para-hydroxylation sites is 1. The van der Waals surface area contributed by atoms with Crippen LogP contribution in [0.5, 0.6) is 5.75 Å². The maximum Gasteiger partial charge on any atom is 0.144 e. The van der Waals surface area contributed by atoms with E-state index in [0.717, 1.165) is 37.7 Å². The average Bonchev–Trinajstić information content (AvgIpc) is 2.56. The number of aromatic nitrogens is 2. The molecule has 4 rings (SSSR count). The molecule has 5 heteroatoms. The highest BCUT2D eigenvalue weighted by Gasteiger charge is 2.31. The minimum Gasteiger partial charge on any atom is -0.489 e. The summed E-state index contributed by atoms with van der Waals surface area (Å²) in [5.74, 6) is 0.995. The van der Waals surface area contributed by atoms with Gasteiger partial charge in [-0.25, -0.2) is 0 Å². The van der Waals surface area contributed by atoms with Gasteiger partial charge in [-0.05, 0) is 19.1 Å². The van der Waals surface area contributed by atoms with E-state index in [-0.39, 0.29) is 6.04 Å². The van der Waals surface area contributed by atoms with Crippen LogP contribution in [-0.4, -0.2) is 36.2 Å². The van der Waals surface area contributed by atoms with Gasteiger partial charge in [0.15, 0.2) is 0 Å². The zero-order valence-corrected chi connectivity index (χ0v) is 12.1. The molecule has 1 atom stereocenters. The molecule has 0 N–H and O–H groups in total. The predicted octanol–water partition coefficient (Wildman–Crippen LogP) is 2.26. The summed E-state index contributed by atoms with van der Waals surface area (Å²) in [6.45, 7) is 5.95. The Morgan fingerprint density at radius 3 is 3.00 bits per heavy atom. The minimum atomic E-state index is 0.203. The molecule has 108 valence electrons. The third-order valence-corrected chi connectivity index (χ3v) is 4.31. The molecule has 2 aromatic rings. The van der Waals surface area contributed by atoms with Crippen LogP contribution < -0.4 is 14.5 Å². The number of ether oxygens (including phenoxy) is 1. The lowest BCUT2D eigenvalue weighted by molar-refractivity contribution is 0.305. The van der Waals surface area contributed by atoms with Gasteiger partial charge in [0.1, 0.15) is 18.0 Å². The summed E-state index contributed by atoms with van der Waals surface area (Å²) in [5.41, 5.74) is 3.46. The average molecular weight is 282 g/mol. The molecule has 0 saturated carbocycles. The van der Waals surface area contributed by atoms with Gasteiger partial charge in [0.05, 0.1) is 30.2 Å². The van der Waals surface area contributed by atoms with Crippen molar-refractivity contribution < 1.29 is 4.74 Å². The van der Waals surface area contributed by atoms with Crippen molar-refractivity contribution in [1.82, 2.24) is 9.97 Å². The second kappa shape index (κ2) is 4.91. The number of anilines is 2. The van der Waals surface area contributed by atoms with Crippen LogP contribution in [0, 0.1) is 0 Å². The standard InChI is InChI=1S/C16H18N4O/c1-12(13-11-17-5-6-18-13)20-8-7-19-9-10-21-15-4-2-3-14(20)16(15)19/h2-6,11-12H,7-10H2,1H3. The molecule has 1 aromatic heterocycles. The Bertz CT molecular complexity index is 646. The molecular weight excluding hydrogens is 264 g/mol. The van der Waals surface area contributed by atoms with Crippen LogP contribution in [0.4, 0.5) is 11.4 Å². The first-order valence-electron chi connectivity index (χ1n) is 7.38. The first kappa shape index (κ1) is 12.4. The number of rotatable bonds is 2. The van der Waals surface area contributed by atoms with Crippen molar-refractivity contribution in [3.8, 4) is 5.75 Å². The Labute approximate surface area is 124 Å². The molecule has 5 nitrogen and oxygen atoms in total. The smallest absolute Gasteiger partial charge is 0.144 e. The first-order valence-corrected chi connectivity index (χ1v) is 7.38. The largest absolute Gasteiger partial charge is 0.489 e. The quantitative estimate of drug-likeness (QED) is 0.845. The lowest BCUT2D eigenvalue weighted by atomic mass is 10.1. The zero-order chi connectivity index (χ0) is 14.2. The van der Waals surface area contributed by atoms with Gasteiger partial charge in [0, 0.05) is 25.5 Å². The lowest BCUT2D eigenvalue weighted by Gasteiger charge is -2.43. The van der Waals surface area contributed by atoms with Gasteiger partial charge < -0.3 is 14.5 Å². The van der Waals surface area contributed by atoms with E-state index in [9.17, 15) is 0 Å². The van der Waals surface area contributed by atoms with Crippen molar-refractivity contribution >= 4 is 11.4 Å². The highest BCUT2D eigenvalue weighted by molar-refractivity contribution is 5.80. The van der Waals surface area contributed by atoms with Crippen molar-refractivity contribution in [2.45, 2.75) is 13.0 Å². The predicted molar refractivity (Wildman–Crippen MR) is 81.9 cm³/mol. The van der Waals surface area contributed by atoms with Crippen molar-refractivity contribution in [1.29, 1.82) is 0 Å². The molecule has 3 heterocycles. The Kier molecular flexibility index (Phi) is 2.91. The van der Waals surface area contributed by atoms with Gasteiger partial charge >= 0.3 is 0 Å². The first-order chi connectivity index (χ1) is 10.3. The third-order valence-electron chi connectivity index (χ3n) is 4.31. The van der Waals surface area contributed by atoms with Crippen molar-refractivity contribution in [3.05, 3.63) is 42.5 Å². The monoisotopic (exact) mass is 282 g/mol. The molecule has 0 saturated heterocycles. The normalized spacial score (nSPS) is 18.0. The number of benzene rings is 1. The van der Waals surface area contributed by atoms with Crippen molar-refractivity contribution in [2.24, 2.45) is 0 Å². The molecule has 2 aliphatic rings. The molecule has 0 radical (unpaired) electrons. The molecular formula is C16H18N4O. The Morgan fingerprint density at radius 2 is 2.14 bits per heavy atom. The molecule has 0 bridgehead atoms. The molecule has 2 aliphatic heterocycles. The van der Waals surface area contributed by atoms with E-state index in [4.69, 9.17) is 4.74 Å². The van der Waals surface area contributed by atoms with Gasteiger partial charge in [-0.1, -0.05) is 6.07 Å². The van der Waals surface area contributed by atoms with Gasteiger partial charge in [-0.15, -0.1) is 0 Å². The van der Waals surface area contributed by atoms with Crippen LogP contribution in [0.1, 0.15) is 18.7 Å². The number of hydrogen-bond donors (Lipinski definition) is 0. The van der Waals surface area contributed by atoms with Gasteiger partial charge in [-0.2, -0.15) is 0 Å². The topological polar surface area (TPSA) is 41.5 Å². The second-order valence-electron chi connectivity index (χ2n) is 5.46. The summed E-state index contributed by atoms with van der Waals surface area (Å²) in [7, 11) is 0. The van der Waals surface area contributed by atoms with E-state index in [1.54, 1.807) is 12.4 Å². The lowest BCUT2D eigenvalue weighted by Crippen LogP contribution is -2.45. The van der Waals surface area contributed by atoms with Crippen molar-refractivity contribution in [3.63, 3.8) is 0 Å². The summed E-state index contributed by atoms with van der Waals surface area (Å²) >= 11 is 0. The summed E-state index contributed by atoms with van der Waals surface area (Å²) in [5, 5.41) is 0. The molecule has 0 amide bonds. The van der Waals surface area contributed by atoms with E-state index >= 15 is 0 Å². The van der Waals surface area contributed by atoms with E-state index in [1.165, 1.54) is 11.4 Å². The van der Waals surface area contributed by atoms with E-state index in [2.05, 4.69) is 44.9 Å². The van der Waals surface area contributed by atoms with Crippen LogP contribution in [0.15, 0.2) is 36.8 Å². The van der Waals surface area contributed by atoms with Crippen LogP contribution in [-0.2, 0) is 0 Å². The molecule has 21 heavy (non-hydrogen) atoms. The fraction of sp³-hybridized carbons (Fsp3) is 0.375. The Balaban J connectivity index is 1.75. The second-order valence-corrected chi connectivity index (χ2v) is 5.46. The fourth-order valence-electron chi connectivity index (χ4n) is 3.22. The van der Waals surface area contributed by atoms with Crippen LogP contribution in [0.3, 0.4) is 0 Å². The fourth-order valence-corrected chi connectivity index (χ4v) is 3.22. The summed E-state index contributed by atoms with van der Waals surface area (Å²) < 4.78 is 5.81. The van der Waals surface area contributed by atoms with Gasteiger partial charge in [0.25, 0.3) is 0 Å². The maximum absolute atomic E-state index is 5.81. The molecule has 1 unspecified atom stereocenters. The van der Waals surface area contributed by atoms with Crippen molar-refractivity contribution in [2.75, 3.05) is 36.0 Å². The van der Waals surface area contributed by atoms with Crippen LogP contribution >= 0.6 is 0 Å².